The average molecular weight is 337 g/mol. The van der Waals surface area contributed by atoms with E-state index in [4.69, 9.17) is 4.74 Å². The summed E-state index contributed by atoms with van der Waals surface area (Å²) in [6.45, 7) is 3.20. The summed E-state index contributed by atoms with van der Waals surface area (Å²) in [7, 11) is 1.61. The quantitative estimate of drug-likeness (QED) is 0.799. The van der Waals surface area contributed by atoms with Gasteiger partial charge in [-0.1, -0.05) is 18.2 Å². The lowest BCUT2D eigenvalue weighted by molar-refractivity contribution is 0.0649. The molecule has 1 aliphatic heterocycles. The molecule has 0 spiro atoms. The summed E-state index contributed by atoms with van der Waals surface area (Å²) in [6.07, 6.45) is 1.42. The number of methoxy groups -OCH3 is 1. The van der Waals surface area contributed by atoms with E-state index in [1.165, 1.54) is 0 Å². The van der Waals surface area contributed by atoms with Crippen LogP contribution in [0.25, 0.3) is 0 Å². The van der Waals surface area contributed by atoms with Gasteiger partial charge in [-0.25, -0.2) is 0 Å². The van der Waals surface area contributed by atoms with E-state index in [1.807, 2.05) is 60.4 Å². The van der Waals surface area contributed by atoms with Crippen LogP contribution in [0.15, 0.2) is 48.5 Å². The normalized spacial score (nSPS) is 15.0. The van der Waals surface area contributed by atoms with Crippen LogP contribution in [-0.2, 0) is 0 Å². The van der Waals surface area contributed by atoms with Crippen molar-refractivity contribution in [2.75, 3.05) is 20.2 Å². The highest BCUT2D eigenvalue weighted by Crippen LogP contribution is 2.24. The van der Waals surface area contributed by atoms with Crippen molar-refractivity contribution >= 4 is 11.7 Å². The van der Waals surface area contributed by atoms with Crippen LogP contribution in [0.5, 0.6) is 5.75 Å². The highest BCUT2D eigenvalue weighted by Gasteiger charge is 2.28. The van der Waals surface area contributed by atoms with Crippen LogP contribution in [0.4, 0.5) is 0 Å². The van der Waals surface area contributed by atoms with Crippen molar-refractivity contribution in [2.24, 2.45) is 5.92 Å². The van der Waals surface area contributed by atoms with Crippen molar-refractivity contribution in [3.05, 3.63) is 65.2 Å². The molecule has 1 fully saturated rings. The van der Waals surface area contributed by atoms with Gasteiger partial charge in [0.2, 0.25) is 0 Å². The lowest BCUT2D eigenvalue weighted by atomic mass is 9.88. The molecule has 0 N–H and O–H groups in total. The third-order valence-corrected chi connectivity index (χ3v) is 4.90. The van der Waals surface area contributed by atoms with Crippen molar-refractivity contribution < 1.29 is 14.3 Å². The first kappa shape index (κ1) is 17.2. The molecule has 4 nitrogen and oxygen atoms in total. The van der Waals surface area contributed by atoms with Crippen LogP contribution >= 0.6 is 0 Å². The molecule has 2 aromatic rings. The molecule has 130 valence electrons. The predicted molar refractivity (Wildman–Crippen MR) is 97.1 cm³/mol. The molecule has 3 rings (SSSR count). The number of piperidine rings is 1. The van der Waals surface area contributed by atoms with Crippen LogP contribution in [0, 0.1) is 12.8 Å². The number of aryl methyl sites for hydroxylation is 1. The second kappa shape index (κ2) is 7.51. The maximum absolute atomic E-state index is 12.7. The molecule has 0 aromatic heterocycles. The Morgan fingerprint density at radius 3 is 2.24 bits per heavy atom. The topological polar surface area (TPSA) is 46.6 Å². The molecule has 0 radical (unpaired) electrons. The van der Waals surface area contributed by atoms with Crippen LogP contribution in [0.2, 0.25) is 0 Å². The first-order valence-corrected chi connectivity index (χ1v) is 8.63. The molecule has 0 aliphatic carbocycles. The molecule has 1 heterocycles. The number of carbonyl (C=O) groups is 2. The largest absolute Gasteiger partial charge is 0.497 e. The van der Waals surface area contributed by atoms with E-state index in [-0.39, 0.29) is 17.6 Å². The van der Waals surface area contributed by atoms with Gasteiger partial charge in [-0.05, 0) is 55.7 Å². The van der Waals surface area contributed by atoms with Crippen molar-refractivity contribution in [1.82, 2.24) is 4.90 Å². The Hall–Kier alpha value is -2.62. The van der Waals surface area contributed by atoms with Gasteiger partial charge in [0.1, 0.15) is 5.75 Å². The summed E-state index contributed by atoms with van der Waals surface area (Å²) < 4.78 is 5.13. The highest BCUT2D eigenvalue weighted by atomic mass is 16.5. The van der Waals surface area contributed by atoms with Crippen LogP contribution < -0.4 is 4.74 Å². The summed E-state index contributed by atoms with van der Waals surface area (Å²) in [5, 5.41) is 0. The molecule has 0 bridgehead atoms. The number of ketones is 1. The molecule has 2 aromatic carbocycles. The average Bonchev–Trinajstić information content (AvgIpc) is 2.67. The Morgan fingerprint density at radius 2 is 1.64 bits per heavy atom. The van der Waals surface area contributed by atoms with E-state index in [2.05, 4.69) is 0 Å². The molecule has 4 heteroatoms. The molecule has 0 saturated carbocycles. The summed E-state index contributed by atoms with van der Waals surface area (Å²) in [4.78, 5) is 27.2. The number of amides is 1. The van der Waals surface area contributed by atoms with E-state index < -0.39 is 0 Å². The van der Waals surface area contributed by atoms with Crippen molar-refractivity contribution in [3.63, 3.8) is 0 Å². The molecular formula is C21H23NO3. The minimum atomic E-state index is -0.0192. The summed E-state index contributed by atoms with van der Waals surface area (Å²) >= 11 is 0. The second-order valence-electron chi connectivity index (χ2n) is 6.47. The monoisotopic (exact) mass is 337 g/mol. The van der Waals surface area contributed by atoms with Gasteiger partial charge in [0.25, 0.3) is 5.91 Å². The third kappa shape index (κ3) is 3.73. The third-order valence-electron chi connectivity index (χ3n) is 4.90. The number of carbonyl (C=O) groups excluding carboxylic acids is 2. The lowest BCUT2D eigenvalue weighted by Crippen LogP contribution is -2.40. The predicted octanol–water partition coefficient (Wildman–Crippen LogP) is 3.74. The Balaban J connectivity index is 1.62. The molecule has 0 unspecified atom stereocenters. The minimum absolute atomic E-state index is 0.0192. The fourth-order valence-electron chi connectivity index (χ4n) is 3.32. The van der Waals surface area contributed by atoms with E-state index in [1.54, 1.807) is 7.11 Å². The van der Waals surface area contributed by atoms with Gasteiger partial charge < -0.3 is 9.64 Å². The van der Waals surface area contributed by atoms with Gasteiger partial charge in [-0.2, -0.15) is 0 Å². The fourth-order valence-corrected chi connectivity index (χ4v) is 3.32. The van der Waals surface area contributed by atoms with Gasteiger partial charge in [0, 0.05) is 30.1 Å². The number of hydrogen-bond acceptors (Lipinski definition) is 3. The Kier molecular flexibility index (Phi) is 5.17. The number of likely N-dealkylation sites (tertiary alicyclic amines) is 1. The number of rotatable bonds is 4. The van der Waals surface area contributed by atoms with E-state index in [0.717, 1.165) is 16.9 Å². The van der Waals surface area contributed by atoms with Crippen LogP contribution in [0.3, 0.4) is 0 Å². The van der Waals surface area contributed by atoms with Gasteiger partial charge in [-0.15, -0.1) is 0 Å². The smallest absolute Gasteiger partial charge is 0.254 e. The Labute approximate surface area is 148 Å². The van der Waals surface area contributed by atoms with Gasteiger partial charge in [0.15, 0.2) is 5.78 Å². The highest BCUT2D eigenvalue weighted by molar-refractivity contribution is 5.99. The first-order chi connectivity index (χ1) is 12.1. The number of hydrogen-bond donors (Lipinski definition) is 0. The van der Waals surface area contributed by atoms with Crippen LogP contribution in [0.1, 0.15) is 39.1 Å². The van der Waals surface area contributed by atoms with E-state index >= 15 is 0 Å². The number of nitrogens with zero attached hydrogens (tertiary/aromatic N) is 1. The number of benzene rings is 2. The zero-order chi connectivity index (χ0) is 17.8. The zero-order valence-corrected chi connectivity index (χ0v) is 14.7. The van der Waals surface area contributed by atoms with Gasteiger partial charge >= 0.3 is 0 Å². The SMILES string of the molecule is COc1ccc(C(=O)C2CCN(C(=O)c3ccccc3C)CC2)cc1. The minimum Gasteiger partial charge on any atom is -0.497 e. The number of Topliss-reactive ketones (excluding diaryl/α,β-unsaturated/α-hetero) is 1. The number of ether oxygens (including phenoxy) is 1. The fraction of sp³-hybridized carbons (Fsp3) is 0.333. The zero-order valence-electron chi connectivity index (χ0n) is 14.7. The molecule has 1 aliphatic rings. The molecule has 1 amide bonds. The van der Waals surface area contributed by atoms with Crippen molar-refractivity contribution in [2.45, 2.75) is 19.8 Å². The lowest BCUT2D eigenvalue weighted by Gasteiger charge is -2.31. The second-order valence-corrected chi connectivity index (χ2v) is 6.47. The maximum atomic E-state index is 12.7. The van der Waals surface area contributed by atoms with Crippen LogP contribution in [-0.4, -0.2) is 36.8 Å². The Morgan fingerprint density at radius 1 is 1.00 bits per heavy atom. The molecular weight excluding hydrogens is 314 g/mol. The van der Waals surface area contributed by atoms with Crippen molar-refractivity contribution in [3.8, 4) is 5.75 Å². The first-order valence-electron chi connectivity index (χ1n) is 8.63. The van der Waals surface area contributed by atoms with Gasteiger partial charge in [-0.3, -0.25) is 9.59 Å². The van der Waals surface area contributed by atoms with E-state index in [0.29, 0.717) is 31.5 Å². The maximum Gasteiger partial charge on any atom is 0.254 e. The molecule has 25 heavy (non-hydrogen) atoms. The summed E-state index contributed by atoms with van der Waals surface area (Å²) in [5.41, 5.74) is 2.45. The van der Waals surface area contributed by atoms with Gasteiger partial charge in [0.05, 0.1) is 7.11 Å². The van der Waals surface area contributed by atoms with E-state index in [9.17, 15) is 9.59 Å². The van der Waals surface area contributed by atoms with Crippen molar-refractivity contribution in [1.29, 1.82) is 0 Å². The molecule has 1 saturated heterocycles. The Bertz CT molecular complexity index is 759. The summed E-state index contributed by atoms with van der Waals surface area (Å²) in [6, 6.07) is 14.9. The standard InChI is InChI=1S/C21H23NO3/c1-15-5-3-4-6-19(15)21(24)22-13-11-17(12-14-22)20(23)16-7-9-18(25-2)10-8-16/h3-10,17H,11-14H2,1-2H3. The summed E-state index contributed by atoms with van der Waals surface area (Å²) in [5.74, 6) is 0.948. The molecule has 0 atom stereocenters.